The predicted molar refractivity (Wildman–Crippen MR) is 37.1 cm³/mol. The van der Waals surface area contributed by atoms with Crippen LogP contribution in [0.4, 0.5) is 0 Å². The molecule has 0 aliphatic heterocycles. The quantitative estimate of drug-likeness (QED) is 0.479. The highest BCUT2D eigenvalue weighted by molar-refractivity contribution is 7.61. The summed E-state index contributed by atoms with van der Waals surface area (Å²) in [6.45, 7) is 1.52. The molecule has 0 aromatic carbocycles. The molecule has 0 amide bonds. The van der Waals surface area contributed by atoms with Crippen LogP contribution in [0, 0.1) is 0 Å². The number of carbonyl (C=O) groups is 1. The minimum absolute atomic E-state index is 0.0663. The van der Waals surface area contributed by atoms with Crippen LogP contribution in [-0.2, 0) is 9.36 Å². The number of hydrogen-bond acceptors (Lipinski definition) is 2. The summed E-state index contributed by atoms with van der Waals surface area (Å²) in [5.41, 5.74) is 0. The van der Waals surface area contributed by atoms with Gasteiger partial charge in [0, 0.05) is 18.1 Å². The molecular weight excluding hydrogens is 155 g/mol. The van der Waals surface area contributed by atoms with Gasteiger partial charge in [-0.2, -0.15) is 0 Å². The molecule has 2 N–H and O–H groups in total. The maximum Gasteiger partial charge on any atom is 0.328 e. The van der Waals surface area contributed by atoms with Crippen LogP contribution in [0.5, 0.6) is 0 Å². The SMILES string of the molecule is CCP(=O)(O)/C=C/C(=O)O. The third-order valence-electron chi connectivity index (χ3n) is 0.903. The molecule has 1 atom stereocenters. The Labute approximate surface area is 58.6 Å². The molecule has 0 heterocycles. The van der Waals surface area contributed by atoms with Crippen LogP contribution in [0.25, 0.3) is 0 Å². The topological polar surface area (TPSA) is 74.6 Å². The Morgan fingerprint density at radius 3 is 2.50 bits per heavy atom. The van der Waals surface area contributed by atoms with Gasteiger partial charge in [-0.1, -0.05) is 6.92 Å². The third kappa shape index (κ3) is 4.30. The van der Waals surface area contributed by atoms with Crippen molar-refractivity contribution in [1.29, 1.82) is 0 Å². The number of rotatable bonds is 3. The molecule has 10 heavy (non-hydrogen) atoms. The largest absolute Gasteiger partial charge is 0.478 e. The average Bonchev–Trinajstić information content (AvgIpc) is 1.85. The summed E-state index contributed by atoms with van der Waals surface area (Å²) in [5, 5.41) is 8.05. The van der Waals surface area contributed by atoms with Gasteiger partial charge in [-0.3, -0.25) is 4.57 Å². The van der Waals surface area contributed by atoms with Gasteiger partial charge in [-0.15, -0.1) is 0 Å². The zero-order chi connectivity index (χ0) is 8.20. The van der Waals surface area contributed by atoms with Crippen molar-refractivity contribution in [1.82, 2.24) is 0 Å². The summed E-state index contributed by atoms with van der Waals surface area (Å²) in [4.78, 5) is 18.6. The molecule has 0 aliphatic carbocycles. The Morgan fingerprint density at radius 1 is 1.70 bits per heavy atom. The summed E-state index contributed by atoms with van der Waals surface area (Å²) in [5.74, 6) is -0.377. The van der Waals surface area contributed by atoms with Crippen LogP contribution >= 0.6 is 7.37 Å². The summed E-state index contributed by atoms with van der Waals surface area (Å²) in [7, 11) is -3.29. The Bertz CT molecular complexity index is 196. The highest BCUT2D eigenvalue weighted by Gasteiger charge is 2.09. The van der Waals surface area contributed by atoms with E-state index in [0.29, 0.717) is 6.08 Å². The summed E-state index contributed by atoms with van der Waals surface area (Å²) in [6, 6.07) is 0. The van der Waals surface area contributed by atoms with E-state index in [1.54, 1.807) is 0 Å². The molecule has 5 heteroatoms. The van der Waals surface area contributed by atoms with Crippen molar-refractivity contribution < 1.29 is 19.4 Å². The highest BCUT2D eigenvalue weighted by atomic mass is 31.2. The second-order valence-electron chi connectivity index (χ2n) is 1.73. The van der Waals surface area contributed by atoms with Crippen molar-refractivity contribution in [2.24, 2.45) is 0 Å². The molecule has 1 unspecified atom stereocenters. The Hall–Kier alpha value is -0.600. The lowest BCUT2D eigenvalue weighted by Gasteiger charge is -1.98. The number of aliphatic carboxylic acids is 1. The maximum absolute atomic E-state index is 10.7. The zero-order valence-corrected chi connectivity index (χ0v) is 6.41. The first-order valence-electron chi connectivity index (χ1n) is 2.71. The summed E-state index contributed by atoms with van der Waals surface area (Å²) in [6.07, 6.45) is 0.751. The molecule has 0 aromatic rings. The fraction of sp³-hybridized carbons (Fsp3) is 0.400. The minimum Gasteiger partial charge on any atom is -0.478 e. The van der Waals surface area contributed by atoms with Gasteiger partial charge in [0.2, 0.25) is 7.37 Å². The van der Waals surface area contributed by atoms with Gasteiger partial charge >= 0.3 is 5.97 Å². The molecular formula is C5H9O4P. The van der Waals surface area contributed by atoms with Crippen LogP contribution in [0.2, 0.25) is 0 Å². The van der Waals surface area contributed by atoms with Crippen molar-refractivity contribution in [2.45, 2.75) is 6.92 Å². The predicted octanol–water partition coefficient (Wildman–Crippen LogP) is 0.875. The number of carboxylic acids is 1. The molecule has 58 valence electrons. The standard InChI is InChI=1S/C5H9O4P/c1-2-10(8,9)4-3-5(6)7/h3-4H,2H2,1H3,(H,6,7)(H,8,9)/b4-3+. The van der Waals surface area contributed by atoms with Gasteiger partial charge < -0.3 is 10.00 Å². The van der Waals surface area contributed by atoms with E-state index in [2.05, 4.69) is 0 Å². The lowest BCUT2D eigenvalue weighted by atomic mass is 10.7. The number of hydrogen-bond donors (Lipinski definition) is 2. The number of carboxylic acid groups (broad SMARTS) is 1. The third-order valence-corrected chi connectivity index (χ3v) is 2.42. The van der Waals surface area contributed by atoms with Crippen LogP contribution in [0.3, 0.4) is 0 Å². The van der Waals surface area contributed by atoms with Gasteiger partial charge in [0.25, 0.3) is 0 Å². The van der Waals surface area contributed by atoms with E-state index in [0.717, 1.165) is 5.82 Å². The van der Waals surface area contributed by atoms with Crippen molar-refractivity contribution in [2.75, 3.05) is 6.16 Å². The normalized spacial score (nSPS) is 17.0. The molecule has 0 aliphatic rings. The van der Waals surface area contributed by atoms with Crippen LogP contribution in [0.15, 0.2) is 11.9 Å². The Morgan fingerprint density at radius 2 is 2.20 bits per heavy atom. The van der Waals surface area contributed by atoms with E-state index in [9.17, 15) is 9.36 Å². The summed E-state index contributed by atoms with van der Waals surface area (Å²) < 4.78 is 10.7. The lowest BCUT2D eigenvalue weighted by Crippen LogP contribution is -1.87. The van der Waals surface area contributed by atoms with Crippen molar-refractivity contribution >= 4 is 13.3 Å². The van der Waals surface area contributed by atoms with Gasteiger partial charge in [-0.25, -0.2) is 4.79 Å². The minimum atomic E-state index is -3.29. The zero-order valence-electron chi connectivity index (χ0n) is 5.52. The fourth-order valence-electron chi connectivity index (χ4n) is 0.286. The molecule has 0 aromatic heterocycles. The van der Waals surface area contributed by atoms with Gasteiger partial charge in [0.1, 0.15) is 0 Å². The molecule has 4 nitrogen and oxygen atoms in total. The van der Waals surface area contributed by atoms with Crippen LogP contribution < -0.4 is 0 Å². The monoisotopic (exact) mass is 164 g/mol. The van der Waals surface area contributed by atoms with Crippen molar-refractivity contribution in [3.05, 3.63) is 11.9 Å². The highest BCUT2D eigenvalue weighted by Crippen LogP contribution is 2.40. The lowest BCUT2D eigenvalue weighted by molar-refractivity contribution is -0.131. The smallest absolute Gasteiger partial charge is 0.328 e. The van der Waals surface area contributed by atoms with E-state index in [-0.39, 0.29) is 6.16 Å². The van der Waals surface area contributed by atoms with Crippen molar-refractivity contribution in [3.63, 3.8) is 0 Å². The van der Waals surface area contributed by atoms with Crippen LogP contribution in [-0.4, -0.2) is 22.1 Å². The Kier molecular flexibility index (Phi) is 3.33. The van der Waals surface area contributed by atoms with Gasteiger partial charge in [0.15, 0.2) is 0 Å². The fourth-order valence-corrected chi connectivity index (χ4v) is 0.857. The van der Waals surface area contributed by atoms with E-state index >= 15 is 0 Å². The van der Waals surface area contributed by atoms with Crippen LogP contribution in [0.1, 0.15) is 6.92 Å². The maximum atomic E-state index is 10.7. The molecule has 0 saturated heterocycles. The van der Waals surface area contributed by atoms with E-state index in [1.807, 2.05) is 0 Å². The second kappa shape index (κ2) is 3.54. The van der Waals surface area contributed by atoms with E-state index < -0.39 is 13.3 Å². The molecule has 0 bridgehead atoms. The van der Waals surface area contributed by atoms with E-state index in [4.69, 9.17) is 10.00 Å². The van der Waals surface area contributed by atoms with Gasteiger partial charge in [-0.05, 0) is 0 Å². The first kappa shape index (κ1) is 9.40. The second-order valence-corrected chi connectivity index (χ2v) is 4.17. The molecule has 0 saturated carbocycles. The first-order valence-corrected chi connectivity index (χ1v) is 4.63. The van der Waals surface area contributed by atoms with Crippen molar-refractivity contribution in [3.8, 4) is 0 Å². The average molecular weight is 164 g/mol. The Balaban J connectivity index is 4.13. The summed E-state index contributed by atoms with van der Waals surface area (Å²) >= 11 is 0. The molecule has 0 rings (SSSR count). The van der Waals surface area contributed by atoms with E-state index in [1.165, 1.54) is 6.92 Å². The van der Waals surface area contributed by atoms with Gasteiger partial charge in [0.05, 0.1) is 0 Å². The molecule has 0 fully saturated rings. The molecule has 0 spiro atoms. The molecule has 0 radical (unpaired) electrons. The first-order chi connectivity index (χ1) is 4.48.